The first-order valence-corrected chi connectivity index (χ1v) is 9.96. The normalized spacial score (nSPS) is 18.4. The smallest absolute Gasteiger partial charge is 0.235 e. The van der Waals surface area contributed by atoms with E-state index in [0.29, 0.717) is 30.3 Å². The third-order valence-electron chi connectivity index (χ3n) is 4.62. The van der Waals surface area contributed by atoms with Crippen molar-refractivity contribution >= 4 is 28.9 Å². The van der Waals surface area contributed by atoms with Crippen molar-refractivity contribution in [1.82, 2.24) is 14.8 Å². The number of hydrogen-bond acceptors (Lipinski definition) is 6. The molecule has 0 radical (unpaired) electrons. The molecule has 1 aliphatic rings. The van der Waals surface area contributed by atoms with Crippen LogP contribution in [0, 0.1) is 5.92 Å². The van der Waals surface area contributed by atoms with E-state index in [9.17, 15) is 4.79 Å². The van der Waals surface area contributed by atoms with Gasteiger partial charge in [0.15, 0.2) is 5.82 Å². The molecule has 144 valence electrons. The second-order valence-corrected chi connectivity index (χ2v) is 7.55. The van der Waals surface area contributed by atoms with Gasteiger partial charge < -0.3 is 15.7 Å². The van der Waals surface area contributed by atoms with E-state index in [1.165, 1.54) is 0 Å². The highest BCUT2D eigenvalue weighted by atomic mass is 32.1. The molecule has 1 aromatic carbocycles. The monoisotopic (exact) mass is 395 g/mol. The fourth-order valence-corrected chi connectivity index (χ4v) is 4.18. The lowest BCUT2D eigenvalue weighted by Gasteiger charge is -2.32. The summed E-state index contributed by atoms with van der Waals surface area (Å²) in [6.45, 7) is 4.18. The molecule has 3 aromatic rings. The molecular weight excluding hydrogens is 374 g/mol. The summed E-state index contributed by atoms with van der Waals surface area (Å²) in [5, 5.41) is 21.8. The number of nitrogens with zero attached hydrogens (tertiary/aromatic N) is 3. The number of aliphatic hydroxyl groups is 1. The molecule has 0 spiro atoms. The zero-order valence-electron chi connectivity index (χ0n) is 15.2. The summed E-state index contributed by atoms with van der Waals surface area (Å²) < 4.78 is 1.77. The average Bonchev–Trinajstić information content (AvgIpc) is 3.35. The number of nitrogens with one attached hydrogen (secondary N) is 2. The first-order chi connectivity index (χ1) is 13.7. The van der Waals surface area contributed by atoms with E-state index in [2.05, 4.69) is 27.3 Å². The summed E-state index contributed by atoms with van der Waals surface area (Å²) >= 11 is 1.57. The molecule has 0 saturated carbocycles. The van der Waals surface area contributed by atoms with Gasteiger partial charge >= 0.3 is 0 Å². The van der Waals surface area contributed by atoms with Crippen LogP contribution < -0.4 is 10.6 Å². The van der Waals surface area contributed by atoms with Crippen LogP contribution in [0.4, 0.5) is 11.6 Å². The van der Waals surface area contributed by atoms with Crippen molar-refractivity contribution in [1.29, 1.82) is 0 Å². The maximum Gasteiger partial charge on any atom is 0.235 e. The summed E-state index contributed by atoms with van der Waals surface area (Å²) in [5.74, 6) is 0.508. The molecule has 28 heavy (non-hydrogen) atoms. The maximum atomic E-state index is 13.2. The van der Waals surface area contributed by atoms with E-state index >= 15 is 0 Å². The van der Waals surface area contributed by atoms with Crippen LogP contribution >= 0.6 is 11.3 Å². The molecule has 1 aliphatic heterocycles. The van der Waals surface area contributed by atoms with Crippen molar-refractivity contribution < 1.29 is 9.90 Å². The number of hydrogen-bond donors (Lipinski definition) is 3. The third-order valence-corrected chi connectivity index (χ3v) is 5.56. The van der Waals surface area contributed by atoms with Crippen LogP contribution in [0.25, 0.3) is 0 Å². The number of fused-ring (bicyclic) bond motifs is 1. The quantitative estimate of drug-likeness (QED) is 0.597. The fourth-order valence-electron chi connectivity index (χ4n) is 3.33. The maximum absolute atomic E-state index is 13.2. The number of thiophene rings is 1. The molecule has 3 N–H and O–H groups in total. The van der Waals surface area contributed by atoms with Crippen molar-refractivity contribution in [2.75, 3.05) is 17.2 Å². The molecule has 0 fully saturated rings. The topological polar surface area (TPSA) is 92.1 Å². The molecular formula is C20H21N5O2S. The molecule has 0 aliphatic carbocycles. The van der Waals surface area contributed by atoms with Gasteiger partial charge in [-0.05, 0) is 30.0 Å². The Labute approximate surface area is 166 Å². The van der Waals surface area contributed by atoms with Crippen molar-refractivity contribution in [3.05, 3.63) is 70.8 Å². The van der Waals surface area contributed by atoms with E-state index in [1.54, 1.807) is 16.0 Å². The Hall–Kier alpha value is -2.97. The second kappa shape index (κ2) is 7.95. The molecule has 3 heterocycles. The number of anilines is 2. The molecule has 1 amide bonds. The van der Waals surface area contributed by atoms with Gasteiger partial charge in [0, 0.05) is 29.3 Å². The standard InChI is InChI=1S/C20H21N5O2S/c1-13-17(19(27)22-14-7-3-2-4-8-14)18(15-9-6-12-28-15)25-20(21-13)23-16(24-25)10-5-11-26/h2-4,6-9,12,17-18,26H,1,5,10-11H2,(H,22,27)(H,21,23,24)/t17-,18+/m1/s1. The number of amides is 1. The van der Waals surface area contributed by atoms with Gasteiger partial charge in [-0.2, -0.15) is 10.1 Å². The minimum Gasteiger partial charge on any atom is -0.396 e. The van der Waals surface area contributed by atoms with Gasteiger partial charge in [0.25, 0.3) is 0 Å². The highest BCUT2D eigenvalue weighted by Gasteiger charge is 2.40. The summed E-state index contributed by atoms with van der Waals surface area (Å²) in [4.78, 5) is 18.7. The number of aryl methyl sites for hydroxylation is 1. The van der Waals surface area contributed by atoms with E-state index in [1.807, 2.05) is 47.8 Å². The van der Waals surface area contributed by atoms with E-state index in [4.69, 9.17) is 5.11 Å². The van der Waals surface area contributed by atoms with Crippen LogP contribution in [0.2, 0.25) is 0 Å². The van der Waals surface area contributed by atoms with Crippen LogP contribution in [0.1, 0.15) is 23.2 Å². The Kier molecular flexibility index (Phi) is 5.23. The zero-order valence-corrected chi connectivity index (χ0v) is 16.0. The van der Waals surface area contributed by atoms with Crippen LogP contribution in [-0.4, -0.2) is 32.4 Å². The molecule has 7 nitrogen and oxygen atoms in total. The van der Waals surface area contributed by atoms with Crippen LogP contribution in [-0.2, 0) is 11.2 Å². The van der Waals surface area contributed by atoms with Gasteiger partial charge in [0.1, 0.15) is 12.0 Å². The van der Waals surface area contributed by atoms with E-state index in [0.717, 1.165) is 10.6 Å². The number of carbonyl (C=O) groups excluding carboxylic acids is 1. The zero-order chi connectivity index (χ0) is 19.5. The Morgan fingerprint density at radius 1 is 1.29 bits per heavy atom. The first kappa shape index (κ1) is 18.4. The van der Waals surface area contributed by atoms with Crippen LogP contribution in [0.3, 0.4) is 0 Å². The SMILES string of the molecule is C=C1Nc2nc(CCCO)nn2[C@@H](c2cccs2)[C@@H]1C(=O)Nc1ccccc1. The Bertz CT molecular complexity index is 968. The minimum absolute atomic E-state index is 0.0838. The van der Waals surface area contributed by atoms with Gasteiger partial charge in [0.05, 0.1) is 0 Å². The number of aliphatic hydroxyl groups excluding tert-OH is 1. The summed E-state index contributed by atoms with van der Waals surface area (Å²) in [6.07, 6.45) is 1.16. The predicted molar refractivity (Wildman–Crippen MR) is 109 cm³/mol. The molecule has 2 aromatic heterocycles. The van der Waals surface area contributed by atoms with Gasteiger partial charge in [-0.3, -0.25) is 4.79 Å². The van der Waals surface area contributed by atoms with Crippen molar-refractivity contribution in [2.24, 2.45) is 5.92 Å². The van der Waals surface area contributed by atoms with Gasteiger partial charge in [0.2, 0.25) is 11.9 Å². The highest BCUT2D eigenvalue weighted by Crippen LogP contribution is 2.39. The van der Waals surface area contributed by atoms with Crippen molar-refractivity contribution in [3.8, 4) is 0 Å². The number of para-hydroxylation sites is 1. The second-order valence-electron chi connectivity index (χ2n) is 6.57. The Balaban J connectivity index is 1.70. The summed E-state index contributed by atoms with van der Waals surface area (Å²) in [5.41, 5.74) is 1.32. The van der Waals surface area contributed by atoms with Crippen molar-refractivity contribution in [3.63, 3.8) is 0 Å². The molecule has 8 heteroatoms. The molecule has 0 unspecified atom stereocenters. The highest BCUT2D eigenvalue weighted by molar-refractivity contribution is 7.10. The first-order valence-electron chi connectivity index (χ1n) is 9.09. The Morgan fingerprint density at radius 2 is 2.11 bits per heavy atom. The predicted octanol–water partition coefficient (Wildman–Crippen LogP) is 3.05. The summed E-state index contributed by atoms with van der Waals surface area (Å²) in [7, 11) is 0. The van der Waals surface area contributed by atoms with Gasteiger partial charge in [-0.15, -0.1) is 11.3 Å². The molecule has 0 bridgehead atoms. The van der Waals surface area contributed by atoms with Gasteiger partial charge in [-0.1, -0.05) is 30.8 Å². The average molecular weight is 395 g/mol. The molecule has 2 atom stereocenters. The van der Waals surface area contributed by atoms with Crippen molar-refractivity contribution in [2.45, 2.75) is 18.9 Å². The number of rotatable bonds is 6. The van der Waals surface area contributed by atoms with Gasteiger partial charge in [-0.25, -0.2) is 4.68 Å². The number of carbonyl (C=O) groups is 1. The fraction of sp³-hybridized carbons (Fsp3) is 0.250. The lowest BCUT2D eigenvalue weighted by Crippen LogP contribution is -2.39. The number of aromatic nitrogens is 3. The Morgan fingerprint density at radius 3 is 2.82 bits per heavy atom. The number of benzene rings is 1. The van der Waals surface area contributed by atoms with E-state index < -0.39 is 5.92 Å². The van der Waals surface area contributed by atoms with Crippen LogP contribution in [0.5, 0.6) is 0 Å². The lowest BCUT2D eigenvalue weighted by atomic mass is 9.92. The van der Waals surface area contributed by atoms with E-state index in [-0.39, 0.29) is 18.6 Å². The molecule has 0 saturated heterocycles. The minimum atomic E-state index is -0.543. The third kappa shape index (κ3) is 3.56. The summed E-state index contributed by atoms with van der Waals surface area (Å²) in [6, 6.07) is 13.0. The molecule has 4 rings (SSSR count). The lowest BCUT2D eigenvalue weighted by molar-refractivity contribution is -0.119. The van der Waals surface area contributed by atoms with Crippen LogP contribution in [0.15, 0.2) is 60.1 Å². The largest absolute Gasteiger partial charge is 0.396 e.